The Bertz CT molecular complexity index is 910. The molecular formula is C26H33N3O2S. The number of aryl methyl sites for hydroxylation is 1. The van der Waals surface area contributed by atoms with Gasteiger partial charge < -0.3 is 9.47 Å². The first kappa shape index (κ1) is 23.1. The first-order valence-corrected chi connectivity index (χ1v) is 12.4. The predicted octanol–water partition coefficient (Wildman–Crippen LogP) is 4.46. The number of nitrogens with zero attached hydrogens (tertiary/aromatic N) is 3. The smallest absolute Gasteiger partial charge is 0.141 e. The van der Waals surface area contributed by atoms with Crippen LogP contribution in [-0.4, -0.2) is 73.2 Å². The maximum Gasteiger partial charge on any atom is 0.141 e. The van der Waals surface area contributed by atoms with Crippen LogP contribution in [0.25, 0.3) is 5.57 Å². The minimum absolute atomic E-state index is 0.667. The summed E-state index contributed by atoms with van der Waals surface area (Å²) in [5, 5.41) is 0. The van der Waals surface area contributed by atoms with E-state index in [9.17, 15) is 0 Å². The molecule has 170 valence electrons. The zero-order valence-electron chi connectivity index (χ0n) is 18.9. The predicted molar refractivity (Wildman–Crippen MR) is 132 cm³/mol. The van der Waals surface area contributed by atoms with Crippen LogP contribution >= 0.6 is 11.8 Å². The molecule has 5 nitrogen and oxygen atoms in total. The minimum atomic E-state index is 0.667. The molecule has 4 rings (SSSR count). The molecule has 2 aliphatic rings. The Morgan fingerprint density at radius 1 is 1.06 bits per heavy atom. The molecular weight excluding hydrogens is 418 g/mol. The van der Waals surface area contributed by atoms with Gasteiger partial charge in [-0.2, -0.15) is 0 Å². The van der Waals surface area contributed by atoms with Gasteiger partial charge in [-0.25, -0.2) is 0 Å². The zero-order valence-corrected chi connectivity index (χ0v) is 19.7. The van der Waals surface area contributed by atoms with Crippen LogP contribution in [0.15, 0.2) is 71.5 Å². The lowest BCUT2D eigenvalue weighted by Crippen LogP contribution is -2.39. The number of hydrogen-bond donors (Lipinski definition) is 0. The number of pyridine rings is 1. The molecule has 1 aromatic heterocycles. The Labute approximate surface area is 196 Å². The minimum Gasteiger partial charge on any atom is -0.485 e. The Morgan fingerprint density at radius 2 is 1.88 bits per heavy atom. The van der Waals surface area contributed by atoms with E-state index in [4.69, 9.17) is 9.47 Å². The van der Waals surface area contributed by atoms with Gasteiger partial charge in [0.05, 0.1) is 19.5 Å². The number of hydrogen-bond acceptors (Lipinski definition) is 6. The van der Waals surface area contributed by atoms with E-state index >= 15 is 0 Å². The molecule has 0 spiro atoms. The first-order chi connectivity index (χ1) is 15.8. The molecule has 0 bridgehead atoms. The van der Waals surface area contributed by atoms with Gasteiger partial charge in [0.1, 0.15) is 6.73 Å². The highest BCUT2D eigenvalue weighted by atomic mass is 32.2. The van der Waals surface area contributed by atoms with E-state index in [2.05, 4.69) is 64.2 Å². The fourth-order valence-corrected chi connectivity index (χ4v) is 4.99. The maximum absolute atomic E-state index is 5.83. The van der Waals surface area contributed by atoms with Crippen molar-refractivity contribution in [1.29, 1.82) is 0 Å². The standard InChI is InChI=1S/C26H33N3O2S/c1-22-26(9-5-10-27-22)24(20-32-25-7-3-2-4-8-25)17-23-18-29(21-31-19-23)12-6-11-28-13-15-30-16-14-28/h2-5,7-10,17,19H,6,11-16,18,20-21H2,1H3/b24-17-. The fraction of sp³-hybridized carbons (Fsp3) is 0.423. The molecule has 0 N–H and O–H groups in total. The van der Waals surface area contributed by atoms with Crippen molar-refractivity contribution in [3.05, 3.63) is 77.8 Å². The number of ether oxygens (including phenoxy) is 2. The van der Waals surface area contributed by atoms with Crippen molar-refractivity contribution in [1.82, 2.24) is 14.8 Å². The number of benzene rings is 1. The maximum atomic E-state index is 5.83. The lowest BCUT2D eigenvalue weighted by molar-refractivity contribution is 0.0323. The highest BCUT2D eigenvalue weighted by molar-refractivity contribution is 7.99. The van der Waals surface area contributed by atoms with Crippen LogP contribution in [0.5, 0.6) is 0 Å². The van der Waals surface area contributed by atoms with Gasteiger partial charge in [-0.15, -0.1) is 11.8 Å². The molecule has 6 heteroatoms. The lowest BCUT2D eigenvalue weighted by Gasteiger charge is -2.29. The average molecular weight is 452 g/mol. The Hall–Kier alpha value is -2.12. The van der Waals surface area contributed by atoms with Crippen molar-refractivity contribution in [2.75, 3.05) is 58.4 Å². The summed E-state index contributed by atoms with van der Waals surface area (Å²) in [6, 6.07) is 14.8. The topological polar surface area (TPSA) is 37.8 Å². The second-order valence-electron chi connectivity index (χ2n) is 8.26. The molecule has 0 aliphatic carbocycles. The fourth-order valence-electron chi connectivity index (χ4n) is 4.08. The van der Waals surface area contributed by atoms with Crippen LogP contribution < -0.4 is 0 Å². The highest BCUT2D eigenvalue weighted by Gasteiger charge is 2.16. The molecule has 0 unspecified atom stereocenters. The first-order valence-electron chi connectivity index (χ1n) is 11.4. The van der Waals surface area contributed by atoms with Gasteiger partial charge in [-0.1, -0.05) is 24.3 Å². The summed E-state index contributed by atoms with van der Waals surface area (Å²) in [6.07, 6.45) is 7.24. The summed E-state index contributed by atoms with van der Waals surface area (Å²) >= 11 is 1.86. The van der Waals surface area contributed by atoms with Crippen molar-refractivity contribution in [2.24, 2.45) is 0 Å². The molecule has 0 radical (unpaired) electrons. The molecule has 1 fully saturated rings. The Morgan fingerprint density at radius 3 is 2.69 bits per heavy atom. The van der Waals surface area contributed by atoms with Crippen LogP contribution in [-0.2, 0) is 9.47 Å². The van der Waals surface area contributed by atoms with Crippen LogP contribution in [0.3, 0.4) is 0 Å². The molecule has 32 heavy (non-hydrogen) atoms. The van der Waals surface area contributed by atoms with Gasteiger partial charge in [0.2, 0.25) is 0 Å². The highest BCUT2D eigenvalue weighted by Crippen LogP contribution is 2.28. The molecule has 0 saturated carbocycles. The Balaban J connectivity index is 1.39. The van der Waals surface area contributed by atoms with Crippen molar-refractivity contribution in [3.8, 4) is 0 Å². The molecule has 1 aromatic carbocycles. The summed E-state index contributed by atoms with van der Waals surface area (Å²) < 4.78 is 11.3. The summed E-state index contributed by atoms with van der Waals surface area (Å²) in [7, 11) is 0. The van der Waals surface area contributed by atoms with Crippen LogP contribution in [0.1, 0.15) is 17.7 Å². The second kappa shape index (κ2) is 12.2. The summed E-state index contributed by atoms with van der Waals surface area (Å²) in [5.74, 6) is 0.894. The number of aromatic nitrogens is 1. The van der Waals surface area contributed by atoms with Gasteiger partial charge in [0.15, 0.2) is 0 Å². The van der Waals surface area contributed by atoms with E-state index in [-0.39, 0.29) is 0 Å². The zero-order chi connectivity index (χ0) is 22.0. The molecule has 2 aliphatic heterocycles. The third-order valence-corrected chi connectivity index (χ3v) is 6.86. The van der Waals surface area contributed by atoms with Gasteiger partial charge in [0, 0.05) is 54.3 Å². The SMILES string of the molecule is Cc1ncccc1/C(=C\C1=COCN(CCCN2CCOCC2)C1)CSc1ccccc1. The molecule has 3 heterocycles. The molecule has 0 amide bonds. The average Bonchev–Trinajstić information content (AvgIpc) is 2.84. The number of rotatable bonds is 9. The van der Waals surface area contributed by atoms with E-state index in [0.717, 1.165) is 63.8 Å². The van der Waals surface area contributed by atoms with E-state index in [0.29, 0.717) is 6.73 Å². The lowest BCUT2D eigenvalue weighted by atomic mass is 10.0. The van der Waals surface area contributed by atoms with E-state index in [1.54, 1.807) is 0 Å². The van der Waals surface area contributed by atoms with E-state index in [1.165, 1.54) is 21.6 Å². The van der Waals surface area contributed by atoms with Crippen molar-refractivity contribution >= 4 is 17.3 Å². The summed E-state index contributed by atoms with van der Waals surface area (Å²) in [4.78, 5) is 10.7. The molecule has 2 aromatic rings. The van der Waals surface area contributed by atoms with Crippen molar-refractivity contribution in [3.63, 3.8) is 0 Å². The van der Waals surface area contributed by atoms with Crippen molar-refractivity contribution < 1.29 is 9.47 Å². The van der Waals surface area contributed by atoms with E-state index in [1.807, 2.05) is 30.3 Å². The van der Waals surface area contributed by atoms with Gasteiger partial charge in [-0.3, -0.25) is 14.8 Å². The number of morpholine rings is 1. The van der Waals surface area contributed by atoms with Gasteiger partial charge in [0.25, 0.3) is 0 Å². The van der Waals surface area contributed by atoms with Gasteiger partial charge >= 0.3 is 0 Å². The quantitative estimate of drug-likeness (QED) is 0.524. The van der Waals surface area contributed by atoms with Crippen molar-refractivity contribution in [2.45, 2.75) is 18.2 Å². The van der Waals surface area contributed by atoms with Gasteiger partial charge in [-0.05, 0) is 55.3 Å². The van der Waals surface area contributed by atoms with Crippen LogP contribution in [0.4, 0.5) is 0 Å². The molecule has 0 atom stereocenters. The largest absolute Gasteiger partial charge is 0.485 e. The second-order valence-corrected chi connectivity index (χ2v) is 9.31. The Kier molecular flexibility index (Phi) is 8.79. The third-order valence-electron chi connectivity index (χ3n) is 5.80. The van der Waals surface area contributed by atoms with Crippen LogP contribution in [0.2, 0.25) is 0 Å². The summed E-state index contributed by atoms with van der Waals surface area (Å²) in [5.41, 5.74) is 4.78. The number of thioether (sulfide) groups is 1. The summed E-state index contributed by atoms with van der Waals surface area (Å²) in [6.45, 7) is 9.67. The monoisotopic (exact) mass is 451 g/mol. The van der Waals surface area contributed by atoms with Crippen LogP contribution in [0, 0.1) is 6.92 Å². The third kappa shape index (κ3) is 6.94. The van der Waals surface area contributed by atoms with E-state index < -0.39 is 0 Å². The molecule has 1 saturated heterocycles. The normalized spacial score (nSPS) is 18.3.